The number of rotatable bonds is 4. The lowest BCUT2D eigenvalue weighted by atomic mass is 10.2. The predicted octanol–water partition coefficient (Wildman–Crippen LogP) is 2.92. The molecule has 0 aliphatic carbocycles. The van der Waals surface area contributed by atoms with Crippen LogP contribution in [0.3, 0.4) is 0 Å². The van der Waals surface area contributed by atoms with Crippen molar-refractivity contribution in [2.24, 2.45) is 0 Å². The van der Waals surface area contributed by atoms with Crippen molar-refractivity contribution in [3.05, 3.63) is 30.0 Å². The molecule has 0 amide bonds. The molecule has 0 spiro atoms. The zero-order valence-corrected chi connectivity index (χ0v) is 8.90. The number of carboxylic acid groups (broad SMARTS) is 1. The summed E-state index contributed by atoms with van der Waals surface area (Å²) in [4.78, 5) is 10.9. The Labute approximate surface area is 92.4 Å². The molecule has 2 rings (SSSR count). The van der Waals surface area contributed by atoms with Crippen LogP contribution in [0, 0.1) is 0 Å². The lowest BCUT2D eigenvalue weighted by molar-refractivity contribution is 0.0698. The second kappa shape index (κ2) is 4.26. The Balaban J connectivity index is 2.42. The molecule has 1 N–H and O–H groups in total. The summed E-state index contributed by atoms with van der Waals surface area (Å²) in [5.41, 5.74) is 0.721. The van der Waals surface area contributed by atoms with E-state index in [9.17, 15) is 4.79 Å². The summed E-state index contributed by atoms with van der Waals surface area (Å²) in [5, 5.41) is 9.51. The van der Waals surface area contributed by atoms with Crippen molar-refractivity contribution in [2.75, 3.05) is 6.61 Å². The van der Waals surface area contributed by atoms with Crippen LogP contribution in [0.15, 0.2) is 28.9 Å². The quantitative estimate of drug-likeness (QED) is 0.860. The summed E-state index contributed by atoms with van der Waals surface area (Å²) in [6.45, 7) is 2.63. The first-order valence-electron chi connectivity index (χ1n) is 5.09. The Bertz CT molecular complexity index is 513. The first kappa shape index (κ1) is 10.5. The molecule has 84 valence electrons. The number of fused-ring (bicyclic) bond motifs is 1. The number of furan rings is 1. The van der Waals surface area contributed by atoms with E-state index in [1.807, 2.05) is 6.92 Å². The first-order valence-corrected chi connectivity index (χ1v) is 5.09. The third-order valence-corrected chi connectivity index (χ3v) is 2.25. The first-order chi connectivity index (χ1) is 7.72. The molecule has 0 atom stereocenters. The van der Waals surface area contributed by atoms with Crippen molar-refractivity contribution in [3.63, 3.8) is 0 Å². The van der Waals surface area contributed by atoms with Gasteiger partial charge in [0.1, 0.15) is 23.2 Å². The van der Waals surface area contributed by atoms with Crippen LogP contribution in [-0.4, -0.2) is 17.7 Å². The second-order valence-corrected chi connectivity index (χ2v) is 3.46. The molecule has 0 saturated heterocycles. The van der Waals surface area contributed by atoms with Crippen molar-refractivity contribution in [2.45, 2.75) is 13.3 Å². The highest BCUT2D eigenvalue weighted by molar-refractivity contribution is 6.02. The van der Waals surface area contributed by atoms with Crippen LogP contribution in [0.4, 0.5) is 0 Å². The van der Waals surface area contributed by atoms with E-state index in [1.54, 1.807) is 18.2 Å². The molecule has 1 aromatic heterocycles. The van der Waals surface area contributed by atoms with Gasteiger partial charge in [-0.05, 0) is 24.6 Å². The lowest BCUT2D eigenvalue weighted by Gasteiger charge is -2.03. The second-order valence-electron chi connectivity index (χ2n) is 3.46. The summed E-state index contributed by atoms with van der Waals surface area (Å²) in [5.74, 6) is -0.329. The zero-order valence-electron chi connectivity index (χ0n) is 8.90. The third kappa shape index (κ3) is 1.86. The van der Waals surface area contributed by atoms with E-state index in [-0.39, 0.29) is 5.56 Å². The molecule has 0 aliphatic rings. The van der Waals surface area contributed by atoms with Crippen LogP contribution in [0.25, 0.3) is 11.0 Å². The Morgan fingerprint density at radius 3 is 3.00 bits per heavy atom. The highest BCUT2D eigenvalue weighted by Crippen LogP contribution is 2.25. The topological polar surface area (TPSA) is 59.7 Å². The van der Waals surface area contributed by atoms with Crippen LogP contribution in [-0.2, 0) is 0 Å². The largest absolute Gasteiger partial charge is 0.494 e. The van der Waals surface area contributed by atoms with E-state index in [2.05, 4.69) is 0 Å². The fraction of sp³-hybridized carbons (Fsp3) is 0.250. The molecule has 0 radical (unpaired) electrons. The molecule has 1 heterocycles. The van der Waals surface area contributed by atoms with Gasteiger partial charge < -0.3 is 14.3 Å². The SMILES string of the molecule is CCCOc1ccc2occ(C(=O)O)c2c1. The predicted molar refractivity (Wildman–Crippen MR) is 59.0 cm³/mol. The van der Waals surface area contributed by atoms with Crippen LogP contribution >= 0.6 is 0 Å². The van der Waals surface area contributed by atoms with Gasteiger partial charge in [0.25, 0.3) is 0 Å². The average molecular weight is 220 g/mol. The molecule has 0 unspecified atom stereocenters. The monoisotopic (exact) mass is 220 g/mol. The molecule has 2 aromatic rings. The lowest BCUT2D eigenvalue weighted by Crippen LogP contribution is -1.96. The minimum Gasteiger partial charge on any atom is -0.494 e. The molecule has 0 bridgehead atoms. The van der Waals surface area contributed by atoms with Gasteiger partial charge in [0, 0.05) is 5.39 Å². The van der Waals surface area contributed by atoms with Crippen LogP contribution in [0.2, 0.25) is 0 Å². The van der Waals surface area contributed by atoms with E-state index in [0.717, 1.165) is 6.42 Å². The van der Waals surface area contributed by atoms with Crippen LogP contribution in [0.5, 0.6) is 5.75 Å². The van der Waals surface area contributed by atoms with Gasteiger partial charge in [-0.1, -0.05) is 6.92 Å². The molecule has 1 aromatic carbocycles. The smallest absolute Gasteiger partial charge is 0.339 e. The van der Waals surface area contributed by atoms with Crippen molar-refractivity contribution in [3.8, 4) is 5.75 Å². The highest BCUT2D eigenvalue weighted by atomic mass is 16.5. The summed E-state index contributed by atoms with van der Waals surface area (Å²) in [7, 11) is 0. The maximum absolute atomic E-state index is 10.9. The molecular weight excluding hydrogens is 208 g/mol. The fourth-order valence-corrected chi connectivity index (χ4v) is 1.48. The van der Waals surface area contributed by atoms with Crippen LogP contribution < -0.4 is 4.74 Å². The average Bonchev–Trinajstić information content (AvgIpc) is 2.69. The summed E-state index contributed by atoms with van der Waals surface area (Å²) in [6, 6.07) is 5.18. The fourth-order valence-electron chi connectivity index (χ4n) is 1.48. The van der Waals surface area contributed by atoms with Crippen molar-refractivity contribution >= 4 is 16.9 Å². The third-order valence-electron chi connectivity index (χ3n) is 2.25. The molecule has 16 heavy (non-hydrogen) atoms. The summed E-state index contributed by atoms with van der Waals surface area (Å²) < 4.78 is 10.6. The van der Waals surface area contributed by atoms with Crippen molar-refractivity contribution in [1.82, 2.24) is 0 Å². The molecule has 4 nitrogen and oxygen atoms in total. The van der Waals surface area contributed by atoms with Gasteiger partial charge in [0.15, 0.2) is 0 Å². The Hall–Kier alpha value is -1.97. The Morgan fingerprint density at radius 1 is 1.50 bits per heavy atom. The van der Waals surface area contributed by atoms with E-state index in [4.69, 9.17) is 14.3 Å². The Kier molecular flexibility index (Phi) is 2.81. The summed E-state index contributed by atoms with van der Waals surface area (Å²) >= 11 is 0. The highest BCUT2D eigenvalue weighted by Gasteiger charge is 2.12. The maximum Gasteiger partial charge on any atom is 0.339 e. The summed E-state index contributed by atoms with van der Waals surface area (Å²) in [6.07, 6.45) is 2.16. The van der Waals surface area contributed by atoms with Gasteiger partial charge >= 0.3 is 5.97 Å². The minimum atomic E-state index is -0.994. The van der Waals surface area contributed by atoms with E-state index in [0.29, 0.717) is 23.3 Å². The van der Waals surface area contributed by atoms with E-state index >= 15 is 0 Å². The maximum atomic E-state index is 10.9. The normalized spacial score (nSPS) is 10.6. The molecule has 0 fully saturated rings. The van der Waals surface area contributed by atoms with Gasteiger partial charge in [0.2, 0.25) is 0 Å². The number of hydrogen-bond donors (Lipinski definition) is 1. The number of ether oxygens (including phenoxy) is 1. The molecule has 4 heteroatoms. The number of carboxylic acids is 1. The van der Waals surface area contributed by atoms with Gasteiger partial charge in [-0.3, -0.25) is 0 Å². The van der Waals surface area contributed by atoms with Gasteiger partial charge in [-0.2, -0.15) is 0 Å². The molecular formula is C12H12O4. The Morgan fingerprint density at radius 2 is 2.31 bits per heavy atom. The molecule has 0 aliphatic heterocycles. The minimum absolute atomic E-state index is 0.164. The standard InChI is InChI=1S/C12H12O4/c1-2-5-15-8-3-4-11-9(6-8)10(7-16-11)12(13)14/h3-4,6-7H,2,5H2,1H3,(H,13,14). The van der Waals surface area contributed by atoms with Gasteiger partial charge in [-0.25, -0.2) is 4.79 Å². The van der Waals surface area contributed by atoms with E-state index < -0.39 is 5.97 Å². The van der Waals surface area contributed by atoms with Crippen molar-refractivity contribution in [1.29, 1.82) is 0 Å². The van der Waals surface area contributed by atoms with Crippen LogP contribution in [0.1, 0.15) is 23.7 Å². The number of hydrogen-bond acceptors (Lipinski definition) is 3. The number of benzene rings is 1. The number of aromatic carboxylic acids is 1. The molecule has 0 saturated carbocycles. The number of carbonyl (C=O) groups is 1. The van der Waals surface area contributed by atoms with Gasteiger partial charge in [0.05, 0.1) is 6.61 Å². The zero-order chi connectivity index (χ0) is 11.5. The van der Waals surface area contributed by atoms with Crippen molar-refractivity contribution < 1.29 is 19.1 Å². The van der Waals surface area contributed by atoms with E-state index in [1.165, 1.54) is 6.26 Å². The van der Waals surface area contributed by atoms with Gasteiger partial charge in [-0.15, -0.1) is 0 Å².